The third-order valence-corrected chi connectivity index (χ3v) is 8.14. The summed E-state index contributed by atoms with van der Waals surface area (Å²) in [5, 5.41) is 1.07. The van der Waals surface area contributed by atoms with E-state index in [4.69, 9.17) is 23.9 Å². The van der Waals surface area contributed by atoms with E-state index in [1.165, 1.54) is 11.3 Å². The molecule has 6 heteroatoms. The van der Waals surface area contributed by atoms with Crippen LogP contribution in [0.15, 0.2) is 53.1 Å². The largest absolute Gasteiger partial charge is 0.460 e. The molecule has 4 unspecified atom stereocenters. The standard InChI is InChI=1S/C30H33N3O3.C2H6/c1-18-8-12-27(36-18)29-24-10-9-20-19(2)26(35-17-16-34-3)13-11-22(20)28(24)32-30(33-29)23-14-15-31-25-7-5-4-6-21(23)25;1-2/h4-8,12,14-15,19-20,22,26H,9-11,13,16-17H2,1-3H3;1-2H3. The molecule has 3 heterocycles. The Bertz CT molecular complexity index is 1380. The lowest BCUT2D eigenvalue weighted by molar-refractivity contribution is -0.0522. The minimum Gasteiger partial charge on any atom is -0.460 e. The van der Waals surface area contributed by atoms with Crippen LogP contribution >= 0.6 is 0 Å². The third-order valence-electron chi connectivity index (χ3n) is 8.14. The summed E-state index contributed by atoms with van der Waals surface area (Å²) in [5.41, 5.74) is 5.35. The first kappa shape index (κ1) is 26.5. The predicted octanol–water partition coefficient (Wildman–Crippen LogP) is 7.39. The number of nitrogens with zero attached hydrogens (tertiary/aromatic N) is 3. The number of hydrogen-bond acceptors (Lipinski definition) is 6. The average molecular weight is 514 g/mol. The smallest absolute Gasteiger partial charge is 0.160 e. The number of aromatic nitrogens is 3. The van der Waals surface area contributed by atoms with Gasteiger partial charge in [-0.3, -0.25) is 4.98 Å². The van der Waals surface area contributed by atoms with Crippen LogP contribution in [0.1, 0.15) is 63.0 Å². The van der Waals surface area contributed by atoms with Crippen LogP contribution in [0.5, 0.6) is 0 Å². The molecule has 4 aromatic rings. The summed E-state index contributed by atoms with van der Waals surface area (Å²) in [6, 6.07) is 14.3. The SMILES string of the molecule is CC.COCCOC1CCC2c3nc(-c4ccnc5ccccc45)nc(-c4ccc(C)o4)c3CCC2C1C. The zero-order valence-electron chi connectivity index (χ0n) is 23.2. The zero-order valence-corrected chi connectivity index (χ0v) is 23.2. The van der Waals surface area contributed by atoms with Crippen molar-refractivity contribution in [1.29, 1.82) is 0 Å². The molecule has 1 fully saturated rings. The molecule has 1 saturated carbocycles. The minimum atomic E-state index is 0.278. The number of pyridine rings is 1. The van der Waals surface area contributed by atoms with Gasteiger partial charge < -0.3 is 13.9 Å². The quantitative estimate of drug-likeness (QED) is 0.250. The molecule has 2 aliphatic rings. The number of ether oxygens (including phenoxy) is 2. The maximum atomic E-state index is 6.23. The summed E-state index contributed by atoms with van der Waals surface area (Å²) in [5.74, 6) is 3.89. The number of benzene rings is 1. The Morgan fingerprint density at radius 3 is 2.61 bits per heavy atom. The molecule has 4 atom stereocenters. The number of rotatable bonds is 6. The van der Waals surface area contributed by atoms with Gasteiger partial charge in [0, 0.05) is 35.7 Å². The van der Waals surface area contributed by atoms with Crippen molar-refractivity contribution in [2.75, 3.05) is 20.3 Å². The molecule has 1 aromatic carbocycles. The van der Waals surface area contributed by atoms with Crippen molar-refractivity contribution in [1.82, 2.24) is 15.0 Å². The maximum Gasteiger partial charge on any atom is 0.160 e. The zero-order chi connectivity index (χ0) is 26.6. The Kier molecular flexibility index (Phi) is 8.20. The van der Waals surface area contributed by atoms with E-state index in [9.17, 15) is 0 Å². The fourth-order valence-corrected chi connectivity index (χ4v) is 6.33. The third kappa shape index (κ3) is 4.99. The maximum absolute atomic E-state index is 6.23. The highest BCUT2D eigenvalue weighted by molar-refractivity contribution is 5.92. The predicted molar refractivity (Wildman–Crippen MR) is 151 cm³/mol. The molecule has 6 rings (SSSR count). The second-order valence-corrected chi connectivity index (χ2v) is 10.2. The van der Waals surface area contributed by atoms with Crippen LogP contribution in [0, 0.1) is 18.8 Å². The van der Waals surface area contributed by atoms with Gasteiger partial charge in [-0.1, -0.05) is 39.0 Å². The van der Waals surface area contributed by atoms with Gasteiger partial charge in [-0.15, -0.1) is 0 Å². The molecule has 0 spiro atoms. The second-order valence-electron chi connectivity index (χ2n) is 10.2. The fraction of sp³-hybridized carbons (Fsp3) is 0.469. The minimum absolute atomic E-state index is 0.278. The van der Waals surface area contributed by atoms with E-state index in [1.54, 1.807) is 7.11 Å². The number of aryl methyl sites for hydroxylation is 1. The molecule has 200 valence electrons. The molecule has 0 N–H and O–H groups in total. The van der Waals surface area contributed by atoms with Crippen molar-refractivity contribution < 1.29 is 13.9 Å². The molecule has 3 aromatic heterocycles. The highest BCUT2D eigenvalue weighted by Crippen LogP contribution is 2.50. The molecule has 0 amide bonds. The summed E-state index contributed by atoms with van der Waals surface area (Å²) in [6.45, 7) is 9.64. The fourth-order valence-electron chi connectivity index (χ4n) is 6.33. The molecule has 38 heavy (non-hydrogen) atoms. The van der Waals surface area contributed by atoms with E-state index in [2.05, 4.69) is 18.0 Å². The first-order valence-corrected chi connectivity index (χ1v) is 14.1. The normalized spacial score (nSPS) is 22.3. The molecule has 0 saturated heterocycles. The van der Waals surface area contributed by atoms with E-state index in [1.807, 2.05) is 63.4 Å². The van der Waals surface area contributed by atoms with E-state index in [0.717, 1.165) is 65.2 Å². The summed E-state index contributed by atoms with van der Waals surface area (Å²) < 4.78 is 17.5. The van der Waals surface area contributed by atoms with Crippen LogP contribution < -0.4 is 0 Å². The van der Waals surface area contributed by atoms with Crippen molar-refractivity contribution in [3.8, 4) is 22.8 Å². The summed E-state index contributed by atoms with van der Waals surface area (Å²) in [4.78, 5) is 15.0. The lowest BCUT2D eigenvalue weighted by atomic mass is 9.64. The van der Waals surface area contributed by atoms with Crippen molar-refractivity contribution in [2.45, 2.75) is 65.4 Å². The van der Waals surface area contributed by atoms with E-state index in [0.29, 0.717) is 31.0 Å². The molecule has 0 aliphatic heterocycles. The molecular weight excluding hydrogens is 474 g/mol. The Morgan fingerprint density at radius 1 is 0.974 bits per heavy atom. The molecule has 6 nitrogen and oxygen atoms in total. The highest BCUT2D eigenvalue weighted by Gasteiger charge is 2.42. The van der Waals surface area contributed by atoms with Gasteiger partial charge in [0.15, 0.2) is 11.6 Å². The average Bonchev–Trinajstić information content (AvgIpc) is 3.40. The van der Waals surface area contributed by atoms with Crippen LogP contribution in [0.4, 0.5) is 0 Å². The van der Waals surface area contributed by atoms with Crippen LogP contribution in [0.2, 0.25) is 0 Å². The molecular formula is C32H39N3O3. The van der Waals surface area contributed by atoms with Crippen LogP contribution in [0.3, 0.4) is 0 Å². The Hall–Kier alpha value is -3.09. The Labute approximate surface area is 225 Å². The number of hydrogen-bond donors (Lipinski definition) is 0. The van der Waals surface area contributed by atoms with Gasteiger partial charge in [-0.05, 0) is 68.7 Å². The van der Waals surface area contributed by atoms with Gasteiger partial charge in [0.1, 0.15) is 11.5 Å². The topological polar surface area (TPSA) is 70.3 Å². The van der Waals surface area contributed by atoms with Gasteiger partial charge >= 0.3 is 0 Å². The first-order valence-electron chi connectivity index (χ1n) is 14.1. The van der Waals surface area contributed by atoms with Crippen LogP contribution in [-0.4, -0.2) is 41.4 Å². The number of fused-ring (bicyclic) bond motifs is 4. The number of para-hydroxylation sites is 1. The number of furan rings is 1. The van der Waals surface area contributed by atoms with Gasteiger partial charge in [0.05, 0.1) is 30.5 Å². The van der Waals surface area contributed by atoms with Gasteiger partial charge in [-0.2, -0.15) is 0 Å². The summed E-state index contributed by atoms with van der Waals surface area (Å²) >= 11 is 0. The molecule has 0 radical (unpaired) electrons. The van der Waals surface area contributed by atoms with Crippen molar-refractivity contribution in [2.24, 2.45) is 11.8 Å². The van der Waals surface area contributed by atoms with Crippen molar-refractivity contribution in [3.63, 3.8) is 0 Å². The van der Waals surface area contributed by atoms with Crippen LogP contribution in [-0.2, 0) is 15.9 Å². The number of methoxy groups -OCH3 is 1. The summed E-state index contributed by atoms with van der Waals surface area (Å²) in [7, 11) is 1.73. The van der Waals surface area contributed by atoms with E-state index in [-0.39, 0.29) is 6.10 Å². The molecule has 0 bridgehead atoms. The lowest BCUT2D eigenvalue weighted by Crippen LogP contribution is -2.40. The van der Waals surface area contributed by atoms with E-state index < -0.39 is 0 Å². The monoisotopic (exact) mass is 513 g/mol. The van der Waals surface area contributed by atoms with Gasteiger partial charge in [-0.25, -0.2) is 9.97 Å². The lowest BCUT2D eigenvalue weighted by Gasteiger charge is -2.44. The first-order chi connectivity index (χ1) is 18.6. The Balaban J connectivity index is 0.00000144. The van der Waals surface area contributed by atoms with Crippen molar-refractivity contribution >= 4 is 10.9 Å². The van der Waals surface area contributed by atoms with E-state index >= 15 is 0 Å². The summed E-state index contributed by atoms with van der Waals surface area (Å²) in [6.07, 6.45) is 6.32. The highest BCUT2D eigenvalue weighted by atomic mass is 16.5. The van der Waals surface area contributed by atoms with Gasteiger partial charge in [0.2, 0.25) is 0 Å². The molecule has 2 aliphatic carbocycles. The van der Waals surface area contributed by atoms with Crippen LogP contribution in [0.25, 0.3) is 33.7 Å². The van der Waals surface area contributed by atoms with Crippen molar-refractivity contribution in [3.05, 3.63) is 65.7 Å². The van der Waals surface area contributed by atoms with Gasteiger partial charge in [0.25, 0.3) is 0 Å². The second kappa shape index (κ2) is 11.7. The Morgan fingerprint density at radius 2 is 1.82 bits per heavy atom.